The molecule has 0 aliphatic carbocycles. The number of imidazole rings is 1. The second kappa shape index (κ2) is 4.09. The van der Waals surface area contributed by atoms with Gasteiger partial charge in [0.05, 0.1) is 10.7 Å². The summed E-state index contributed by atoms with van der Waals surface area (Å²) in [6.45, 7) is 4.21. The number of nitrogens with one attached hydrogen (secondary N) is 1. The molecule has 0 unspecified atom stereocenters. The summed E-state index contributed by atoms with van der Waals surface area (Å²) in [5, 5.41) is 9.38. The number of rotatable bonds is 2. The Morgan fingerprint density at radius 1 is 1.26 bits per heavy atom. The van der Waals surface area contributed by atoms with Gasteiger partial charge in [-0.3, -0.25) is 4.68 Å². The lowest BCUT2D eigenvalue weighted by atomic mass is 10.1. The highest BCUT2D eigenvalue weighted by molar-refractivity contribution is 6.32. The molecule has 0 amide bonds. The Hall–Kier alpha value is -1.82. The normalized spacial score (nSPS) is 11.9. The maximum absolute atomic E-state index is 6.15. The van der Waals surface area contributed by atoms with Gasteiger partial charge in [0.1, 0.15) is 11.2 Å². The number of halogens is 1. The van der Waals surface area contributed by atoms with Crippen molar-refractivity contribution in [2.75, 3.05) is 0 Å². The molecule has 0 atom stereocenters. The van der Waals surface area contributed by atoms with Gasteiger partial charge in [0.25, 0.3) is 0 Å². The molecule has 19 heavy (non-hydrogen) atoms. The van der Waals surface area contributed by atoms with E-state index in [1.165, 1.54) is 0 Å². The van der Waals surface area contributed by atoms with E-state index in [-0.39, 0.29) is 0 Å². The highest BCUT2D eigenvalue weighted by Gasteiger charge is 2.19. The molecule has 7 heteroatoms. The summed E-state index contributed by atoms with van der Waals surface area (Å²) in [4.78, 5) is 7.83. The van der Waals surface area contributed by atoms with E-state index in [9.17, 15) is 0 Å². The van der Waals surface area contributed by atoms with E-state index in [1.807, 2.05) is 14.1 Å². The lowest BCUT2D eigenvalue weighted by Crippen LogP contribution is -1.96. The smallest absolute Gasteiger partial charge is 0.176 e. The quantitative estimate of drug-likeness (QED) is 0.783. The first kappa shape index (κ1) is 12.2. The number of aromatic amines is 1. The average molecular weight is 279 g/mol. The first-order valence-corrected chi connectivity index (χ1v) is 6.47. The first-order valence-electron chi connectivity index (χ1n) is 6.09. The Kier molecular flexibility index (Phi) is 2.63. The van der Waals surface area contributed by atoms with Gasteiger partial charge in [0.15, 0.2) is 11.5 Å². The van der Waals surface area contributed by atoms with Crippen molar-refractivity contribution in [2.45, 2.75) is 19.8 Å². The third-order valence-corrected chi connectivity index (χ3v) is 3.34. The van der Waals surface area contributed by atoms with Gasteiger partial charge >= 0.3 is 0 Å². The van der Waals surface area contributed by atoms with Crippen molar-refractivity contribution in [1.82, 2.24) is 29.5 Å². The molecule has 0 bridgehead atoms. The highest BCUT2D eigenvalue weighted by atomic mass is 35.5. The van der Waals surface area contributed by atoms with Crippen molar-refractivity contribution in [3.05, 3.63) is 16.9 Å². The fraction of sp³-hybridized carbons (Fsp3) is 0.417. The van der Waals surface area contributed by atoms with Gasteiger partial charge in [-0.15, -0.1) is 0 Å². The molecule has 0 aromatic carbocycles. The van der Waals surface area contributed by atoms with Crippen LogP contribution in [0.4, 0.5) is 0 Å². The summed E-state index contributed by atoms with van der Waals surface area (Å²) < 4.78 is 3.45. The number of H-pyrrole nitrogens is 1. The monoisotopic (exact) mass is 278 g/mol. The zero-order chi connectivity index (χ0) is 13.7. The second-order valence-electron chi connectivity index (χ2n) is 4.95. The molecule has 0 radical (unpaired) electrons. The standard InChI is InChI=1S/C12H15ClN6/c1-6(2)8-10-12(19(4)17-8)15-11(14-10)9-7(13)5-18(3)16-9/h5-6H,1-4H3,(H,14,15). The van der Waals surface area contributed by atoms with E-state index < -0.39 is 0 Å². The molecule has 3 aromatic rings. The van der Waals surface area contributed by atoms with E-state index >= 15 is 0 Å². The fourth-order valence-electron chi connectivity index (χ4n) is 2.17. The Morgan fingerprint density at radius 2 is 2.00 bits per heavy atom. The van der Waals surface area contributed by atoms with Crippen molar-refractivity contribution in [1.29, 1.82) is 0 Å². The summed E-state index contributed by atoms with van der Waals surface area (Å²) in [6, 6.07) is 0. The van der Waals surface area contributed by atoms with Crippen LogP contribution in [0, 0.1) is 0 Å². The minimum absolute atomic E-state index is 0.330. The van der Waals surface area contributed by atoms with Gasteiger partial charge in [0.2, 0.25) is 0 Å². The Bertz CT molecular complexity index is 748. The molecule has 6 nitrogen and oxygen atoms in total. The Labute approximate surface area is 115 Å². The first-order chi connectivity index (χ1) is 8.97. The largest absolute Gasteiger partial charge is 0.334 e. The van der Waals surface area contributed by atoms with Crippen molar-refractivity contribution in [3.63, 3.8) is 0 Å². The summed E-state index contributed by atoms with van der Waals surface area (Å²) in [5.41, 5.74) is 3.44. The lowest BCUT2D eigenvalue weighted by Gasteiger charge is -1.98. The van der Waals surface area contributed by atoms with Crippen LogP contribution in [-0.2, 0) is 14.1 Å². The molecular weight excluding hydrogens is 264 g/mol. The number of aromatic nitrogens is 6. The number of fused-ring (bicyclic) bond motifs is 1. The number of hydrogen-bond acceptors (Lipinski definition) is 3. The number of nitrogens with zero attached hydrogens (tertiary/aromatic N) is 5. The zero-order valence-corrected chi connectivity index (χ0v) is 12.0. The van der Waals surface area contributed by atoms with Gasteiger partial charge in [-0.2, -0.15) is 10.2 Å². The lowest BCUT2D eigenvalue weighted by molar-refractivity contribution is 0.722. The maximum Gasteiger partial charge on any atom is 0.176 e. The molecule has 3 aromatic heterocycles. The molecule has 100 valence electrons. The number of hydrogen-bond donors (Lipinski definition) is 1. The zero-order valence-electron chi connectivity index (χ0n) is 11.3. The molecule has 0 spiro atoms. The molecule has 0 aliphatic rings. The third-order valence-electron chi connectivity index (χ3n) is 3.06. The van der Waals surface area contributed by atoms with E-state index in [4.69, 9.17) is 11.6 Å². The van der Waals surface area contributed by atoms with Crippen LogP contribution in [0.1, 0.15) is 25.5 Å². The molecule has 0 saturated heterocycles. The van der Waals surface area contributed by atoms with Gasteiger partial charge in [-0.05, 0) is 5.92 Å². The molecule has 0 aliphatic heterocycles. The van der Waals surface area contributed by atoms with E-state index in [0.717, 1.165) is 16.9 Å². The average Bonchev–Trinajstić information content (AvgIpc) is 2.94. The summed E-state index contributed by atoms with van der Waals surface area (Å²) >= 11 is 6.15. The molecule has 1 N–H and O–H groups in total. The third kappa shape index (κ3) is 1.83. The van der Waals surface area contributed by atoms with Crippen molar-refractivity contribution in [2.24, 2.45) is 14.1 Å². The minimum atomic E-state index is 0.330. The van der Waals surface area contributed by atoms with Crippen molar-refractivity contribution in [3.8, 4) is 11.5 Å². The van der Waals surface area contributed by atoms with Crippen LogP contribution in [0.2, 0.25) is 5.02 Å². The Balaban J connectivity index is 2.22. The Morgan fingerprint density at radius 3 is 2.58 bits per heavy atom. The van der Waals surface area contributed by atoms with Gasteiger partial charge in [-0.25, -0.2) is 9.67 Å². The van der Waals surface area contributed by atoms with Crippen LogP contribution in [0.5, 0.6) is 0 Å². The van der Waals surface area contributed by atoms with E-state index in [0.29, 0.717) is 22.5 Å². The summed E-state index contributed by atoms with van der Waals surface area (Å²) in [7, 11) is 3.72. The second-order valence-corrected chi connectivity index (χ2v) is 5.35. The van der Waals surface area contributed by atoms with Crippen molar-refractivity contribution < 1.29 is 0 Å². The van der Waals surface area contributed by atoms with Crippen LogP contribution in [-0.4, -0.2) is 29.5 Å². The van der Waals surface area contributed by atoms with Crippen LogP contribution >= 0.6 is 11.6 Å². The van der Waals surface area contributed by atoms with Gasteiger partial charge < -0.3 is 4.98 Å². The molecular formula is C12H15ClN6. The molecule has 3 rings (SSSR count). The van der Waals surface area contributed by atoms with Crippen LogP contribution in [0.3, 0.4) is 0 Å². The van der Waals surface area contributed by atoms with Gasteiger partial charge in [-0.1, -0.05) is 25.4 Å². The van der Waals surface area contributed by atoms with Gasteiger partial charge in [0, 0.05) is 20.3 Å². The fourth-order valence-corrected chi connectivity index (χ4v) is 2.44. The van der Waals surface area contributed by atoms with Crippen LogP contribution in [0.15, 0.2) is 6.20 Å². The summed E-state index contributed by atoms with van der Waals surface area (Å²) in [5.74, 6) is 1.01. The summed E-state index contributed by atoms with van der Waals surface area (Å²) in [6.07, 6.45) is 1.76. The molecule has 3 heterocycles. The predicted molar refractivity (Wildman–Crippen MR) is 74.2 cm³/mol. The minimum Gasteiger partial charge on any atom is -0.334 e. The van der Waals surface area contributed by atoms with Crippen LogP contribution < -0.4 is 0 Å². The van der Waals surface area contributed by atoms with Crippen LogP contribution in [0.25, 0.3) is 22.7 Å². The molecule has 0 saturated carbocycles. The number of aryl methyl sites for hydroxylation is 2. The predicted octanol–water partition coefficient (Wildman–Crippen LogP) is 2.47. The van der Waals surface area contributed by atoms with Crippen molar-refractivity contribution >= 4 is 22.8 Å². The topological polar surface area (TPSA) is 64.3 Å². The van der Waals surface area contributed by atoms with E-state index in [1.54, 1.807) is 15.6 Å². The van der Waals surface area contributed by atoms with E-state index in [2.05, 4.69) is 34.0 Å². The SMILES string of the molecule is CC(C)c1nn(C)c2nc(-c3nn(C)cc3Cl)[nH]c12. The highest BCUT2D eigenvalue weighted by Crippen LogP contribution is 2.28. The maximum atomic E-state index is 6.15. The molecule has 0 fully saturated rings.